The minimum atomic E-state index is -0.467. The van der Waals surface area contributed by atoms with E-state index in [1.54, 1.807) is 23.5 Å². The Balaban J connectivity index is 1.73. The molecule has 0 aliphatic carbocycles. The topological polar surface area (TPSA) is 60.4 Å². The number of nitro benzene ring substituents is 1. The van der Waals surface area contributed by atoms with Gasteiger partial charge in [-0.2, -0.15) is 0 Å². The Labute approximate surface area is 139 Å². The maximum Gasteiger partial charge on any atom is 0.288 e. The van der Waals surface area contributed by atoms with E-state index in [0.29, 0.717) is 6.42 Å². The van der Waals surface area contributed by atoms with Gasteiger partial charge in [0.15, 0.2) is 4.96 Å². The van der Waals surface area contributed by atoms with Crippen molar-refractivity contribution >= 4 is 43.8 Å². The van der Waals surface area contributed by atoms with E-state index in [1.807, 2.05) is 18.3 Å². The Morgan fingerprint density at radius 3 is 2.91 bits per heavy atom. The maximum atomic E-state index is 11.0. The van der Waals surface area contributed by atoms with Gasteiger partial charge in [-0.25, -0.2) is 4.98 Å². The van der Waals surface area contributed by atoms with E-state index in [1.165, 1.54) is 10.8 Å². The van der Waals surface area contributed by atoms with Crippen LogP contribution >= 0.6 is 22.9 Å². The molecule has 114 valence electrons. The molecule has 0 atom stereocenters. The van der Waals surface area contributed by atoms with Crippen molar-refractivity contribution in [2.45, 2.75) is 6.42 Å². The van der Waals surface area contributed by atoms with Crippen molar-refractivity contribution in [1.82, 2.24) is 9.38 Å². The predicted octanol–water partition coefficient (Wildman–Crippen LogP) is 4.70. The normalized spacial score (nSPS) is 11.3. The highest BCUT2D eigenvalue weighted by Crippen LogP contribution is 2.28. The van der Waals surface area contributed by atoms with E-state index < -0.39 is 4.92 Å². The van der Waals surface area contributed by atoms with Crippen LogP contribution in [0.1, 0.15) is 11.3 Å². The molecule has 0 radical (unpaired) electrons. The minimum absolute atomic E-state index is 0.0735. The summed E-state index contributed by atoms with van der Waals surface area (Å²) >= 11 is 7.47. The van der Waals surface area contributed by atoms with E-state index in [4.69, 9.17) is 11.6 Å². The molecule has 0 bridgehead atoms. The highest BCUT2D eigenvalue weighted by Gasteiger charge is 2.14. The van der Waals surface area contributed by atoms with Gasteiger partial charge in [0.25, 0.3) is 5.69 Å². The van der Waals surface area contributed by atoms with Crippen LogP contribution in [0.3, 0.4) is 0 Å². The van der Waals surface area contributed by atoms with Crippen LogP contribution in [0.5, 0.6) is 0 Å². The molecule has 0 unspecified atom stereocenters. The molecule has 0 spiro atoms. The summed E-state index contributed by atoms with van der Waals surface area (Å²) in [5.74, 6) is 0. The van der Waals surface area contributed by atoms with Crippen molar-refractivity contribution in [2.24, 2.45) is 0 Å². The number of aromatic nitrogens is 2. The van der Waals surface area contributed by atoms with E-state index in [-0.39, 0.29) is 10.7 Å². The van der Waals surface area contributed by atoms with Crippen LogP contribution in [0.2, 0.25) is 5.02 Å². The van der Waals surface area contributed by atoms with Gasteiger partial charge in [0.05, 0.1) is 20.8 Å². The van der Waals surface area contributed by atoms with Gasteiger partial charge < -0.3 is 0 Å². The zero-order chi connectivity index (χ0) is 16.0. The molecule has 0 aliphatic heterocycles. The molecular weight excluding hydrogens is 334 g/mol. The quantitative estimate of drug-likeness (QED) is 0.400. The predicted molar refractivity (Wildman–Crippen MR) is 91.5 cm³/mol. The van der Waals surface area contributed by atoms with E-state index >= 15 is 0 Å². The SMILES string of the molecule is O=[N+]([O-])c1cc(Cc2cn3c(n2)sc2ccccc23)ccc1Cl. The molecule has 0 saturated carbocycles. The summed E-state index contributed by atoms with van der Waals surface area (Å²) in [6, 6.07) is 13.0. The van der Waals surface area contributed by atoms with Crippen molar-refractivity contribution in [3.8, 4) is 0 Å². The first kappa shape index (κ1) is 14.2. The molecule has 5 nitrogen and oxygen atoms in total. The lowest BCUT2D eigenvalue weighted by Gasteiger charge is -2.00. The molecular formula is C16H10ClN3O2S. The third kappa shape index (κ3) is 2.46. The van der Waals surface area contributed by atoms with Crippen LogP contribution in [0.4, 0.5) is 5.69 Å². The number of halogens is 1. The largest absolute Gasteiger partial charge is 0.290 e. The van der Waals surface area contributed by atoms with Crippen molar-refractivity contribution in [1.29, 1.82) is 0 Å². The summed E-state index contributed by atoms with van der Waals surface area (Å²) in [6.07, 6.45) is 2.51. The molecule has 0 saturated heterocycles. The molecule has 23 heavy (non-hydrogen) atoms. The Bertz CT molecular complexity index is 1050. The van der Waals surface area contributed by atoms with Gasteiger partial charge in [-0.1, -0.05) is 41.1 Å². The molecule has 0 fully saturated rings. The summed E-state index contributed by atoms with van der Waals surface area (Å²) in [4.78, 5) is 16.1. The first-order valence-electron chi connectivity index (χ1n) is 6.90. The number of para-hydroxylation sites is 1. The standard InChI is InChI=1S/C16H10ClN3O2S/c17-12-6-5-10(8-14(12)20(21)22)7-11-9-19-13-3-1-2-4-15(13)23-16(19)18-11/h1-6,8-9H,7H2. The number of benzene rings is 2. The van der Waals surface area contributed by atoms with Gasteiger partial charge in [0.1, 0.15) is 5.02 Å². The average molecular weight is 344 g/mol. The lowest BCUT2D eigenvalue weighted by atomic mass is 10.1. The fourth-order valence-electron chi connectivity index (χ4n) is 2.60. The van der Waals surface area contributed by atoms with Crippen molar-refractivity contribution in [3.63, 3.8) is 0 Å². The highest BCUT2D eigenvalue weighted by molar-refractivity contribution is 7.23. The third-order valence-corrected chi connectivity index (χ3v) is 5.00. The number of rotatable bonds is 3. The third-order valence-electron chi connectivity index (χ3n) is 3.64. The first-order valence-corrected chi connectivity index (χ1v) is 8.09. The number of imidazole rings is 1. The van der Waals surface area contributed by atoms with Crippen LogP contribution in [0.15, 0.2) is 48.7 Å². The van der Waals surface area contributed by atoms with Crippen LogP contribution in [-0.4, -0.2) is 14.3 Å². The molecule has 2 aromatic carbocycles. The monoisotopic (exact) mass is 343 g/mol. The number of nitrogens with zero attached hydrogens (tertiary/aromatic N) is 3. The molecule has 0 aliphatic rings. The molecule has 4 aromatic rings. The Morgan fingerprint density at radius 2 is 2.09 bits per heavy atom. The molecule has 2 aromatic heterocycles. The molecule has 0 N–H and O–H groups in total. The highest BCUT2D eigenvalue weighted by atomic mass is 35.5. The Hall–Kier alpha value is -2.44. The maximum absolute atomic E-state index is 11.0. The zero-order valence-electron chi connectivity index (χ0n) is 11.8. The zero-order valence-corrected chi connectivity index (χ0v) is 13.3. The van der Waals surface area contributed by atoms with Gasteiger partial charge in [-0.15, -0.1) is 0 Å². The second-order valence-electron chi connectivity index (χ2n) is 5.17. The molecule has 7 heteroatoms. The fraction of sp³-hybridized carbons (Fsp3) is 0.0625. The lowest BCUT2D eigenvalue weighted by Crippen LogP contribution is -1.93. The van der Waals surface area contributed by atoms with Crippen molar-refractivity contribution in [2.75, 3.05) is 0 Å². The summed E-state index contributed by atoms with van der Waals surface area (Å²) in [5, 5.41) is 11.1. The second-order valence-corrected chi connectivity index (χ2v) is 6.59. The van der Waals surface area contributed by atoms with E-state index in [0.717, 1.165) is 21.7 Å². The van der Waals surface area contributed by atoms with Gasteiger partial charge in [-0.3, -0.25) is 14.5 Å². The van der Waals surface area contributed by atoms with Crippen molar-refractivity contribution < 1.29 is 4.92 Å². The van der Waals surface area contributed by atoms with Gasteiger partial charge in [0.2, 0.25) is 0 Å². The molecule has 4 rings (SSSR count). The number of hydrogen-bond donors (Lipinski definition) is 0. The van der Waals surface area contributed by atoms with Gasteiger partial charge in [-0.05, 0) is 23.8 Å². The summed E-state index contributed by atoms with van der Waals surface area (Å²) in [6.45, 7) is 0. The lowest BCUT2D eigenvalue weighted by molar-refractivity contribution is -0.384. The number of fused-ring (bicyclic) bond motifs is 3. The van der Waals surface area contributed by atoms with E-state index in [9.17, 15) is 10.1 Å². The van der Waals surface area contributed by atoms with Crippen LogP contribution in [0.25, 0.3) is 15.2 Å². The van der Waals surface area contributed by atoms with Gasteiger partial charge >= 0.3 is 0 Å². The fourth-order valence-corrected chi connectivity index (χ4v) is 3.81. The number of hydrogen-bond acceptors (Lipinski definition) is 4. The first-order chi connectivity index (χ1) is 11.1. The van der Waals surface area contributed by atoms with Crippen molar-refractivity contribution in [3.05, 3.63) is 75.1 Å². The van der Waals surface area contributed by atoms with Gasteiger partial charge in [0, 0.05) is 18.7 Å². The average Bonchev–Trinajstić information content (AvgIpc) is 3.06. The molecule has 2 heterocycles. The Kier molecular flexibility index (Phi) is 3.28. The second kappa shape index (κ2) is 5.33. The summed E-state index contributed by atoms with van der Waals surface area (Å²) in [5.41, 5.74) is 2.73. The molecule has 0 amide bonds. The van der Waals surface area contributed by atoms with Crippen LogP contribution in [-0.2, 0) is 6.42 Å². The Morgan fingerprint density at radius 1 is 1.26 bits per heavy atom. The van der Waals surface area contributed by atoms with Crippen LogP contribution in [0, 0.1) is 10.1 Å². The number of nitro groups is 1. The summed E-state index contributed by atoms with van der Waals surface area (Å²) < 4.78 is 3.24. The smallest absolute Gasteiger partial charge is 0.288 e. The minimum Gasteiger partial charge on any atom is -0.290 e. The summed E-state index contributed by atoms with van der Waals surface area (Å²) in [7, 11) is 0. The number of thiazole rings is 1. The van der Waals surface area contributed by atoms with Crippen LogP contribution < -0.4 is 0 Å². The van der Waals surface area contributed by atoms with E-state index in [2.05, 4.69) is 21.5 Å².